The van der Waals surface area contributed by atoms with Gasteiger partial charge in [0.25, 0.3) is 0 Å². The lowest BCUT2D eigenvalue weighted by Crippen LogP contribution is -2.27. The van der Waals surface area contributed by atoms with E-state index in [0.717, 1.165) is 16.7 Å². The van der Waals surface area contributed by atoms with Gasteiger partial charge < -0.3 is 20.1 Å². The summed E-state index contributed by atoms with van der Waals surface area (Å²) in [5, 5.41) is 11.1. The average molecular weight is 342 g/mol. The third-order valence-electron chi connectivity index (χ3n) is 4.07. The molecular formula is C18H22N4O3. The fourth-order valence-corrected chi connectivity index (χ4v) is 3.03. The first kappa shape index (κ1) is 17.2. The summed E-state index contributed by atoms with van der Waals surface area (Å²) in [7, 11) is 1.34. The summed E-state index contributed by atoms with van der Waals surface area (Å²) in [4.78, 5) is 20.8. The smallest absolute Gasteiger partial charge is 0.337 e. The monoisotopic (exact) mass is 342 g/mol. The molecule has 0 bridgehead atoms. The first-order valence-electron chi connectivity index (χ1n) is 8.14. The van der Waals surface area contributed by atoms with Crippen LogP contribution in [-0.4, -0.2) is 38.3 Å². The van der Waals surface area contributed by atoms with Gasteiger partial charge in [-0.3, -0.25) is 0 Å². The van der Waals surface area contributed by atoms with Crippen LogP contribution in [0.15, 0.2) is 18.2 Å². The zero-order valence-corrected chi connectivity index (χ0v) is 14.8. The van der Waals surface area contributed by atoms with E-state index < -0.39 is 11.6 Å². The van der Waals surface area contributed by atoms with Gasteiger partial charge in [-0.1, -0.05) is 6.92 Å². The molecule has 0 radical (unpaired) electrons. The second-order valence-electron chi connectivity index (χ2n) is 6.70. The Kier molecular flexibility index (Phi) is 4.12. The number of rotatable bonds is 4. The number of nitrogens with zero attached hydrogens (tertiary/aromatic N) is 3. The van der Waals surface area contributed by atoms with Crippen LogP contribution >= 0.6 is 0 Å². The Hall–Kier alpha value is -2.67. The highest BCUT2D eigenvalue weighted by atomic mass is 16.5. The number of aryl methyl sites for hydroxylation is 1. The van der Waals surface area contributed by atoms with Gasteiger partial charge in [0.05, 0.1) is 35.9 Å². The molecule has 7 nitrogen and oxygen atoms in total. The van der Waals surface area contributed by atoms with Crippen molar-refractivity contribution in [3.8, 4) is 0 Å². The average Bonchev–Trinajstić information content (AvgIpc) is 2.91. The molecule has 7 heteroatoms. The highest BCUT2D eigenvalue weighted by Gasteiger charge is 2.22. The quantitative estimate of drug-likeness (QED) is 0.705. The van der Waals surface area contributed by atoms with E-state index in [4.69, 9.17) is 10.5 Å². The summed E-state index contributed by atoms with van der Waals surface area (Å²) < 4.78 is 6.75. The molecule has 132 valence electrons. The van der Waals surface area contributed by atoms with Crippen molar-refractivity contribution in [2.24, 2.45) is 0 Å². The van der Waals surface area contributed by atoms with Crippen molar-refractivity contribution in [3.63, 3.8) is 0 Å². The number of carbonyl (C=O) groups is 1. The van der Waals surface area contributed by atoms with E-state index >= 15 is 0 Å². The summed E-state index contributed by atoms with van der Waals surface area (Å²) >= 11 is 0. The summed E-state index contributed by atoms with van der Waals surface area (Å²) in [6.45, 7) is 5.88. The summed E-state index contributed by atoms with van der Waals surface area (Å²) in [5.41, 5.74) is 7.63. The molecule has 0 saturated heterocycles. The molecule has 0 atom stereocenters. The molecule has 0 aliphatic carbocycles. The van der Waals surface area contributed by atoms with Crippen LogP contribution in [0.5, 0.6) is 0 Å². The minimum absolute atomic E-state index is 0.300. The number of aromatic nitrogens is 3. The minimum Gasteiger partial charge on any atom is -0.465 e. The van der Waals surface area contributed by atoms with Crippen LogP contribution in [0.4, 0.5) is 5.82 Å². The largest absolute Gasteiger partial charge is 0.465 e. The van der Waals surface area contributed by atoms with Gasteiger partial charge in [-0.05, 0) is 32.0 Å². The summed E-state index contributed by atoms with van der Waals surface area (Å²) in [5.74, 6) is 0.700. The number of carbonyl (C=O) groups excluding carboxylic acids is 1. The number of fused-ring (bicyclic) bond motifs is 3. The maximum absolute atomic E-state index is 11.8. The molecule has 0 spiro atoms. The molecule has 2 aromatic heterocycles. The predicted octanol–water partition coefficient (Wildman–Crippen LogP) is 2.29. The predicted molar refractivity (Wildman–Crippen MR) is 96.5 cm³/mol. The molecule has 3 N–H and O–H groups in total. The lowest BCUT2D eigenvalue weighted by Gasteiger charge is -2.20. The number of hydrogen-bond donors (Lipinski definition) is 2. The number of aliphatic hydroxyl groups is 1. The van der Waals surface area contributed by atoms with E-state index in [1.54, 1.807) is 26.0 Å². The maximum Gasteiger partial charge on any atom is 0.337 e. The second-order valence-corrected chi connectivity index (χ2v) is 6.70. The maximum atomic E-state index is 11.8. The van der Waals surface area contributed by atoms with Crippen molar-refractivity contribution in [1.29, 1.82) is 0 Å². The van der Waals surface area contributed by atoms with Crippen LogP contribution in [0.1, 0.15) is 37.0 Å². The second kappa shape index (κ2) is 6.00. The molecule has 3 rings (SSSR count). The van der Waals surface area contributed by atoms with E-state index in [2.05, 4.69) is 9.97 Å². The lowest BCUT2D eigenvalue weighted by atomic mass is 10.1. The van der Waals surface area contributed by atoms with Crippen molar-refractivity contribution in [1.82, 2.24) is 14.5 Å². The zero-order chi connectivity index (χ0) is 18.4. The molecule has 0 saturated carbocycles. The Bertz CT molecular complexity index is 970. The molecule has 0 amide bonds. The van der Waals surface area contributed by atoms with Gasteiger partial charge in [0, 0.05) is 11.8 Å². The van der Waals surface area contributed by atoms with Crippen LogP contribution in [-0.2, 0) is 17.7 Å². The van der Waals surface area contributed by atoms with Crippen LogP contribution in [0.3, 0.4) is 0 Å². The van der Waals surface area contributed by atoms with Gasteiger partial charge >= 0.3 is 5.97 Å². The molecule has 1 aromatic carbocycles. The van der Waals surface area contributed by atoms with Gasteiger partial charge in [-0.15, -0.1) is 0 Å². The number of esters is 1. The third kappa shape index (κ3) is 3.02. The first-order valence-corrected chi connectivity index (χ1v) is 8.14. The van der Waals surface area contributed by atoms with Gasteiger partial charge in [0.2, 0.25) is 0 Å². The number of methoxy groups -OCH3 is 1. The number of benzene rings is 1. The molecule has 0 aliphatic rings. The summed E-state index contributed by atoms with van der Waals surface area (Å²) in [6.07, 6.45) is 0.700. The van der Waals surface area contributed by atoms with Gasteiger partial charge in [0.1, 0.15) is 11.3 Å². The molecule has 0 unspecified atom stereocenters. The Morgan fingerprint density at radius 3 is 2.68 bits per heavy atom. The van der Waals surface area contributed by atoms with Gasteiger partial charge in [0.15, 0.2) is 5.82 Å². The first-order chi connectivity index (χ1) is 11.7. The number of imidazole rings is 1. The topological polar surface area (TPSA) is 103 Å². The number of pyridine rings is 1. The van der Waals surface area contributed by atoms with Gasteiger partial charge in [-0.25, -0.2) is 14.8 Å². The fraction of sp³-hybridized carbons (Fsp3) is 0.389. The van der Waals surface area contributed by atoms with E-state index in [0.29, 0.717) is 35.4 Å². The van der Waals surface area contributed by atoms with E-state index in [9.17, 15) is 9.90 Å². The number of nitrogen functional groups attached to an aromatic ring is 1. The molecule has 0 aliphatic heterocycles. The molecular weight excluding hydrogens is 320 g/mol. The number of hydrogen-bond acceptors (Lipinski definition) is 6. The number of anilines is 1. The molecule has 2 heterocycles. The van der Waals surface area contributed by atoms with Crippen molar-refractivity contribution in [2.75, 3.05) is 12.8 Å². The Morgan fingerprint density at radius 2 is 2.08 bits per heavy atom. The van der Waals surface area contributed by atoms with Crippen molar-refractivity contribution in [3.05, 3.63) is 29.6 Å². The fourth-order valence-electron chi connectivity index (χ4n) is 3.03. The minimum atomic E-state index is -0.909. The highest BCUT2D eigenvalue weighted by Crippen LogP contribution is 2.30. The number of ether oxygens (including phenoxy) is 1. The molecule has 25 heavy (non-hydrogen) atoms. The Morgan fingerprint density at radius 1 is 1.36 bits per heavy atom. The Balaban J connectivity index is 2.36. The molecule has 3 aromatic rings. The normalized spacial score (nSPS) is 12.0. The number of nitrogens with two attached hydrogens (primary N) is 1. The third-order valence-corrected chi connectivity index (χ3v) is 4.07. The van der Waals surface area contributed by atoms with Crippen LogP contribution in [0.25, 0.3) is 21.9 Å². The SMILES string of the molecule is CCc1nc2c(N)nc3cc(C(=O)OC)ccc3c2n1CC(C)(C)O. The summed E-state index contributed by atoms with van der Waals surface area (Å²) in [6, 6.07) is 5.17. The zero-order valence-electron chi connectivity index (χ0n) is 14.8. The van der Waals surface area contributed by atoms with Crippen molar-refractivity contribution < 1.29 is 14.6 Å². The van der Waals surface area contributed by atoms with Crippen LogP contribution in [0, 0.1) is 0 Å². The van der Waals surface area contributed by atoms with Crippen LogP contribution < -0.4 is 5.73 Å². The van der Waals surface area contributed by atoms with E-state index in [1.165, 1.54) is 7.11 Å². The standard InChI is InChI=1S/C18H22N4O3/c1-5-13-21-14-15(22(13)9-18(2,3)24)11-7-6-10(17(23)25-4)8-12(11)20-16(14)19/h6-8,24H,5,9H2,1-4H3,(H2,19,20). The highest BCUT2D eigenvalue weighted by molar-refractivity contribution is 6.08. The van der Waals surface area contributed by atoms with Crippen LogP contribution in [0.2, 0.25) is 0 Å². The molecule has 0 fully saturated rings. The van der Waals surface area contributed by atoms with Crippen molar-refractivity contribution in [2.45, 2.75) is 39.3 Å². The van der Waals surface area contributed by atoms with Gasteiger partial charge in [-0.2, -0.15) is 0 Å². The Labute approximate surface area is 145 Å². The lowest BCUT2D eigenvalue weighted by molar-refractivity contribution is 0.0598. The van der Waals surface area contributed by atoms with Crippen molar-refractivity contribution >= 4 is 33.7 Å². The van der Waals surface area contributed by atoms with E-state index in [-0.39, 0.29) is 0 Å². The van der Waals surface area contributed by atoms with E-state index in [1.807, 2.05) is 17.6 Å².